The van der Waals surface area contributed by atoms with E-state index in [0.29, 0.717) is 0 Å². The molecular weight excluding hydrogens is 637 g/mol. The Balaban J connectivity index is 1.19. The fraction of sp³-hybridized carbons (Fsp3) is 0. The minimum absolute atomic E-state index is 1.14. The summed E-state index contributed by atoms with van der Waals surface area (Å²) in [6, 6.07) is 66.8. The zero-order chi connectivity index (χ0) is 33.5. The van der Waals surface area contributed by atoms with E-state index < -0.39 is 0 Å². The van der Waals surface area contributed by atoms with Crippen LogP contribution in [0.4, 0.5) is 0 Å². The second-order valence-corrected chi connectivity index (χ2v) is 14.4. The van der Waals surface area contributed by atoms with E-state index >= 15 is 0 Å². The van der Waals surface area contributed by atoms with Crippen LogP contribution in [0.1, 0.15) is 0 Å². The third kappa shape index (κ3) is 4.29. The summed E-state index contributed by atoms with van der Waals surface area (Å²) in [6.45, 7) is 0. The van der Waals surface area contributed by atoms with E-state index in [9.17, 15) is 0 Å². The molecule has 0 atom stereocenters. The molecule has 3 heterocycles. The van der Waals surface area contributed by atoms with Gasteiger partial charge in [0, 0.05) is 53.1 Å². The molecule has 0 amide bonds. The predicted octanol–water partition coefficient (Wildman–Crippen LogP) is 13.6. The smallest absolute Gasteiger partial charge is 0.0541 e. The van der Waals surface area contributed by atoms with Crippen molar-refractivity contribution < 1.29 is 0 Å². The lowest BCUT2D eigenvalue weighted by Crippen LogP contribution is -2.00. The van der Waals surface area contributed by atoms with Crippen LogP contribution in [0.25, 0.3) is 97.4 Å². The summed E-state index contributed by atoms with van der Waals surface area (Å²) in [5.74, 6) is 0. The van der Waals surface area contributed by atoms with E-state index in [1.165, 1.54) is 86.0 Å². The Morgan fingerprint density at radius 2 is 0.765 bits per heavy atom. The standard InChI is InChI=1S/C48H30N2S/c1-6-22-43-37(15-1)38-16-2-7-23-44(38)49(43)34-28-33(29-35(30-34)50-45-24-8-3-17-39(45)40-18-4-9-25-46(40)50)31-13-11-14-32(27-31)36-20-12-21-42-41-19-5-10-26-47(41)51-48(36)42/h1-30H. The molecule has 11 rings (SSSR count). The van der Waals surface area contributed by atoms with Gasteiger partial charge in [0.15, 0.2) is 0 Å². The van der Waals surface area contributed by atoms with Crippen molar-refractivity contribution in [2.45, 2.75) is 0 Å². The largest absolute Gasteiger partial charge is 0.309 e. The molecule has 0 fully saturated rings. The first-order chi connectivity index (χ1) is 25.3. The van der Waals surface area contributed by atoms with Gasteiger partial charge in [0.1, 0.15) is 0 Å². The van der Waals surface area contributed by atoms with Crippen LogP contribution in [0.5, 0.6) is 0 Å². The van der Waals surface area contributed by atoms with E-state index in [2.05, 4.69) is 191 Å². The Bertz CT molecular complexity index is 2920. The molecule has 0 aliphatic heterocycles. The molecule has 0 saturated heterocycles. The van der Waals surface area contributed by atoms with Gasteiger partial charge in [-0.25, -0.2) is 0 Å². The minimum atomic E-state index is 1.14. The number of thiophene rings is 1. The number of para-hydroxylation sites is 4. The van der Waals surface area contributed by atoms with E-state index in [4.69, 9.17) is 0 Å². The van der Waals surface area contributed by atoms with Crippen molar-refractivity contribution in [2.75, 3.05) is 0 Å². The zero-order valence-corrected chi connectivity index (χ0v) is 28.4. The van der Waals surface area contributed by atoms with Crippen molar-refractivity contribution in [3.05, 3.63) is 182 Å². The Kier molecular flexibility index (Phi) is 6.16. The van der Waals surface area contributed by atoms with Crippen molar-refractivity contribution in [3.8, 4) is 33.6 Å². The highest BCUT2D eigenvalue weighted by atomic mass is 32.1. The number of rotatable bonds is 4. The highest BCUT2D eigenvalue weighted by Crippen LogP contribution is 2.42. The zero-order valence-electron chi connectivity index (χ0n) is 27.6. The van der Waals surface area contributed by atoms with E-state index in [0.717, 1.165) is 11.4 Å². The summed E-state index contributed by atoms with van der Waals surface area (Å²) < 4.78 is 7.53. The van der Waals surface area contributed by atoms with Crippen LogP contribution in [0.2, 0.25) is 0 Å². The maximum absolute atomic E-state index is 2.44. The Labute approximate surface area is 298 Å². The predicted molar refractivity (Wildman–Crippen MR) is 219 cm³/mol. The lowest BCUT2D eigenvalue weighted by Gasteiger charge is -2.16. The van der Waals surface area contributed by atoms with Crippen molar-refractivity contribution in [3.63, 3.8) is 0 Å². The third-order valence-electron chi connectivity index (χ3n) is 10.5. The monoisotopic (exact) mass is 666 g/mol. The first-order valence-corrected chi connectivity index (χ1v) is 18.3. The lowest BCUT2D eigenvalue weighted by molar-refractivity contribution is 1.13. The molecule has 0 spiro atoms. The maximum Gasteiger partial charge on any atom is 0.0541 e. The second-order valence-electron chi connectivity index (χ2n) is 13.3. The van der Waals surface area contributed by atoms with Crippen molar-refractivity contribution in [1.29, 1.82) is 0 Å². The number of benzene rings is 8. The lowest BCUT2D eigenvalue weighted by atomic mass is 9.97. The first kappa shape index (κ1) is 28.4. The average molecular weight is 667 g/mol. The molecule has 0 unspecified atom stereocenters. The quantitative estimate of drug-likeness (QED) is 0.177. The molecule has 0 bridgehead atoms. The van der Waals surface area contributed by atoms with Crippen molar-refractivity contribution in [1.82, 2.24) is 9.13 Å². The summed E-state index contributed by atoms with van der Waals surface area (Å²) in [4.78, 5) is 0. The summed E-state index contributed by atoms with van der Waals surface area (Å²) >= 11 is 1.88. The van der Waals surface area contributed by atoms with Crippen LogP contribution in [0, 0.1) is 0 Å². The fourth-order valence-electron chi connectivity index (χ4n) is 8.26. The topological polar surface area (TPSA) is 9.86 Å². The molecule has 51 heavy (non-hydrogen) atoms. The van der Waals surface area contributed by atoms with Crippen LogP contribution in [0.15, 0.2) is 182 Å². The van der Waals surface area contributed by atoms with Gasteiger partial charge in [-0.05, 0) is 76.9 Å². The number of hydrogen-bond donors (Lipinski definition) is 0. The molecule has 3 heteroatoms. The van der Waals surface area contributed by atoms with Crippen LogP contribution < -0.4 is 0 Å². The van der Waals surface area contributed by atoms with Gasteiger partial charge >= 0.3 is 0 Å². The number of hydrogen-bond acceptors (Lipinski definition) is 1. The van der Waals surface area contributed by atoms with Crippen LogP contribution in [-0.4, -0.2) is 9.13 Å². The van der Waals surface area contributed by atoms with Gasteiger partial charge in [-0.2, -0.15) is 0 Å². The highest BCUT2D eigenvalue weighted by Gasteiger charge is 2.18. The molecule has 0 N–H and O–H groups in total. The van der Waals surface area contributed by atoms with Gasteiger partial charge in [-0.3, -0.25) is 0 Å². The molecule has 11 aromatic rings. The molecule has 0 radical (unpaired) electrons. The summed E-state index contributed by atoms with van der Waals surface area (Å²) in [7, 11) is 0. The second kappa shape index (κ2) is 11.0. The minimum Gasteiger partial charge on any atom is -0.309 e. The Hall–Kier alpha value is -6.42. The van der Waals surface area contributed by atoms with Gasteiger partial charge in [0.05, 0.1) is 22.1 Å². The third-order valence-corrected chi connectivity index (χ3v) is 11.7. The van der Waals surface area contributed by atoms with Gasteiger partial charge < -0.3 is 9.13 Å². The van der Waals surface area contributed by atoms with Crippen LogP contribution in [-0.2, 0) is 0 Å². The van der Waals surface area contributed by atoms with Crippen LogP contribution >= 0.6 is 11.3 Å². The first-order valence-electron chi connectivity index (χ1n) is 17.4. The van der Waals surface area contributed by atoms with Gasteiger partial charge in [0.25, 0.3) is 0 Å². The molecule has 0 aliphatic carbocycles. The van der Waals surface area contributed by atoms with Gasteiger partial charge in [-0.1, -0.05) is 127 Å². The molecule has 238 valence electrons. The molecular formula is C48H30N2S. The summed E-state index contributed by atoms with van der Waals surface area (Å²) in [5.41, 5.74) is 12.0. The fourth-order valence-corrected chi connectivity index (χ4v) is 9.50. The molecule has 0 saturated carbocycles. The molecule has 3 aromatic heterocycles. The molecule has 0 aliphatic rings. The Morgan fingerprint density at radius 1 is 0.314 bits per heavy atom. The van der Waals surface area contributed by atoms with Crippen molar-refractivity contribution in [2.24, 2.45) is 0 Å². The van der Waals surface area contributed by atoms with E-state index in [1.807, 2.05) is 11.3 Å². The van der Waals surface area contributed by atoms with E-state index in [-0.39, 0.29) is 0 Å². The summed E-state index contributed by atoms with van der Waals surface area (Å²) in [5, 5.41) is 7.68. The summed E-state index contributed by atoms with van der Waals surface area (Å²) in [6.07, 6.45) is 0. The SMILES string of the molecule is c1cc(-c2cc(-n3c4ccccc4c4ccccc43)cc(-n3c4ccccc4c4ccccc43)c2)cc(-c2cccc3c2sc2ccccc23)c1. The highest BCUT2D eigenvalue weighted by molar-refractivity contribution is 7.26. The number of nitrogens with zero attached hydrogens (tertiary/aromatic N) is 2. The molecule has 8 aromatic carbocycles. The maximum atomic E-state index is 2.44. The number of fused-ring (bicyclic) bond motifs is 9. The number of aromatic nitrogens is 2. The van der Waals surface area contributed by atoms with Crippen molar-refractivity contribution >= 4 is 75.1 Å². The molecule has 2 nitrogen and oxygen atoms in total. The van der Waals surface area contributed by atoms with Gasteiger partial charge in [0.2, 0.25) is 0 Å². The van der Waals surface area contributed by atoms with Crippen LogP contribution in [0.3, 0.4) is 0 Å². The average Bonchev–Trinajstić information content (AvgIpc) is 3.86. The Morgan fingerprint density at radius 3 is 1.33 bits per heavy atom. The normalized spacial score (nSPS) is 11.9. The van der Waals surface area contributed by atoms with Gasteiger partial charge in [-0.15, -0.1) is 11.3 Å². The van der Waals surface area contributed by atoms with E-state index in [1.54, 1.807) is 0 Å².